The molecule has 34 heavy (non-hydrogen) atoms. The molecule has 0 aromatic heterocycles. The summed E-state index contributed by atoms with van der Waals surface area (Å²) in [5.74, 6) is 1.07. The van der Waals surface area contributed by atoms with Crippen LogP contribution in [0.2, 0.25) is 0 Å². The number of hydrogen-bond donors (Lipinski definition) is 2. The molecule has 3 nitrogen and oxygen atoms in total. The molecule has 0 heterocycles. The second kappa shape index (κ2) is 7.57. The van der Waals surface area contributed by atoms with Crippen molar-refractivity contribution in [3.63, 3.8) is 0 Å². The molecule has 4 fully saturated rings. The Morgan fingerprint density at radius 2 is 1.56 bits per heavy atom. The van der Waals surface area contributed by atoms with E-state index in [1.807, 2.05) is 7.11 Å². The van der Waals surface area contributed by atoms with Crippen LogP contribution in [0.15, 0.2) is 11.1 Å². The Balaban J connectivity index is 1.60. The maximum Gasteiger partial charge on any atom is 0.0667 e. The molecule has 4 saturated carbocycles. The molecule has 0 aromatic carbocycles. The second-order valence-electron chi connectivity index (χ2n) is 15.3. The Hall–Kier alpha value is -0.380. The van der Waals surface area contributed by atoms with Crippen LogP contribution in [0, 0.1) is 44.3 Å². The number of aliphatic hydroxyl groups excluding tert-OH is 2. The van der Waals surface area contributed by atoms with Crippen molar-refractivity contribution in [2.24, 2.45) is 44.3 Å². The molecule has 0 amide bonds. The van der Waals surface area contributed by atoms with Crippen LogP contribution in [-0.4, -0.2) is 36.1 Å². The highest BCUT2D eigenvalue weighted by atomic mass is 16.5. The van der Waals surface area contributed by atoms with Gasteiger partial charge >= 0.3 is 0 Å². The number of ether oxygens (including phenoxy) is 1. The third kappa shape index (κ3) is 2.99. The van der Waals surface area contributed by atoms with Gasteiger partial charge in [0.1, 0.15) is 0 Å². The largest absolute Gasteiger partial charge is 0.396 e. The van der Waals surface area contributed by atoms with E-state index < -0.39 is 0 Å². The first kappa shape index (κ1) is 25.3. The Kier molecular flexibility index (Phi) is 5.63. The fourth-order valence-corrected chi connectivity index (χ4v) is 11.0. The molecule has 1 unspecified atom stereocenters. The van der Waals surface area contributed by atoms with Gasteiger partial charge in [0.15, 0.2) is 0 Å². The molecule has 5 rings (SSSR count). The van der Waals surface area contributed by atoms with E-state index in [2.05, 4.69) is 48.5 Å². The molecule has 0 bridgehead atoms. The smallest absolute Gasteiger partial charge is 0.0667 e. The molecular formula is C31H52O3. The summed E-state index contributed by atoms with van der Waals surface area (Å²) in [6.07, 6.45) is 11.7. The zero-order chi connectivity index (χ0) is 24.9. The average molecular weight is 473 g/mol. The fourth-order valence-electron chi connectivity index (χ4n) is 11.0. The lowest BCUT2D eigenvalue weighted by molar-refractivity contribution is -0.217. The fraction of sp³-hybridized carbons (Fsp3) is 0.935. The molecule has 0 radical (unpaired) electrons. The molecule has 2 N–H and O–H groups in total. The average Bonchev–Trinajstić information content (AvgIpc) is 2.77. The molecule has 9 atom stereocenters. The number of aliphatic hydroxyl groups is 2. The Morgan fingerprint density at radius 3 is 2.21 bits per heavy atom. The second-order valence-corrected chi connectivity index (χ2v) is 15.3. The van der Waals surface area contributed by atoms with E-state index in [0.29, 0.717) is 23.4 Å². The maximum atomic E-state index is 11.0. The van der Waals surface area contributed by atoms with Crippen LogP contribution >= 0.6 is 0 Å². The van der Waals surface area contributed by atoms with Gasteiger partial charge in [-0.05, 0) is 97.7 Å². The van der Waals surface area contributed by atoms with Crippen molar-refractivity contribution in [2.75, 3.05) is 13.7 Å². The van der Waals surface area contributed by atoms with Crippen molar-refractivity contribution in [3.05, 3.63) is 11.1 Å². The lowest BCUT2D eigenvalue weighted by atomic mass is 9.34. The number of fused-ring (bicyclic) bond motifs is 6. The minimum absolute atomic E-state index is 0.107. The monoisotopic (exact) mass is 472 g/mol. The zero-order valence-corrected chi connectivity index (χ0v) is 23.4. The van der Waals surface area contributed by atoms with Gasteiger partial charge in [0, 0.05) is 17.9 Å². The highest BCUT2D eigenvalue weighted by molar-refractivity contribution is 5.39. The first-order chi connectivity index (χ1) is 15.7. The Bertz CT molecular complexity index is 876. The lowest BCUT2D eigenvalue weighted by Crippen LogP contribution is -2.65. The molecule has 0 aliphatic heterocycles. The quantitative estimate of drug-likeness (QED) is 0.429. The summed E-state index contributed by atoms with van der Waals surface area (Å²) >= 11 is 0. The molecule has 5 aliphatic carbocycles. The van der Waals surface area contributed by atoms with Crippen LogP contribution in [0.1, 0.15) is 113 Å². The molecule has 3 heteroatoms. The van der Waals surface area contributed by atoms with Crippen LogP contribution in [0.3, 0.4) is 0 Å². The number of hydrogen-bond acceptors (Lipinski definition) is 3. The van der Waals surface area contributed by atoms with Crippen LogP contribution in [0.5, 0.6) is 0 Å². The first-order valence-corrected chi connectivity index (χ1v) is 14.3. The third-order valence-electron chi connectivity index (χ3n) is 13.4. The van der Waals surface area contributed by atoms with E-state index in [0.717, 1.165) is 25.7 Å². The number of methoxy groups -OCH3 is 1. The predicted molar refractivity (Wildman–Crippen MR) is 138 cm³/mol. The summed E-state index contributed by atoms with van der Waals surface area (Å²) in [7, 11) is 1.93. The van der Waals surface area contributed by atoms with Gasteiger partial charge in [0.2, 0.25) is 0 Å². The number of rotatable bonds is 2. The SMILES string of the molecule is CO[C@@H]1CC(C)(C)CC2=C3CC[C@H]4[C@@]5(C)CC[C@H](O)[C@](C)(CO)C5CC[C@@]4(C)[C@]3(C)CC[C@]21C. The highest BCUT2D eigenvalue weighted by Gasteiger charge is 2.68. The molecule has 194 valence electrons. The van der Waals surface area contributed by atoms with Gasteiger partial charge < -0.3 is 14.9 Å². The van der Waals surface area contributed by atoms with Gasteiger partial charge in [-0.3, -0.25) is 0 Å². The van der Waals surface area contributed by atoms with Gasteiger partial charge in [-0.25, -0.2) is 0 Å². The van der Waals surface area contributed by atoms with E-state index in [4.69, 9.17) is 4.74 Å². The molecule has 0 saturated heterocycles. The van der Waals surface area contributed by atoms with Crippen molar-refractivity contribution >= 4 is 0 Å². The van der Waals surface area contributed by atoms with Crippen molar-refractivity contribution in [3.8, 4) is 0 Å². The molecule has 0 aromatic rings. The van der Waals surface area contributed by atoms with Crippen LogP contribution in [0.4, 0.5) is 0 Å². The van der Waals surface area contributed by atoms with Gasteiger partial charge in [-0.15, -0.1) is 0 Å². The summed E-state index contributed by atoms with van der Waals surface area (Å²) in [5.41, 5.74) is 4.41. The predicted octanol–water partition coefficient (Wildman–Crippen LogP) is 6.91. The minimum Gasteiger partial charge on any atom is -0.396 e. The first-order valence-electron chi connectivity index (χ1n) is 14.3. The highest BCUT2D eigenvalue weighted by Crippen LogP contribution is 2.75. The lowest BCUT2D eigenvalue weighted by Gasteiger charge is -2.71. The number of allylic oxidation sites excluding steroid dienone is 1. The summed E-state index contributed by atoms with van der Waals surface area (Å²) in [6.45, 7) is 17.5. The van der Waals surface area contributed by atoms with Crippen LogP contribution < -0.4 is 0 Å². The van der Waals surface area contributed by atoms with Crippen molar-refractivity contribution < 1.29 is 14.9 Å². The van der Waals surface area contributed by atoms with E-state index in [1.165, 1.54) is 38.5 Å². The van der Waals surface area contributed by atoms with Gasteiger partial charge in [0.25, 0.3) is 0 Å². The van der Waals surface area contributed by atoms with Crippen molar-refractivity contribution in [1.82, 2.24) is 0 Å². The Labute approximate surface area is 209 Å². The standard InChI is InChI=1S/C31H52O3/c1-26(2)17-21-20-9-10-23-28(4)13-12-24(33)29(5,19-32)22(28)11-14-31(23,7)30(20,6)16-15-27(21,3)25(18-26)34-8/h22-25,32-33H,9-19H2,1-8H3/t22?,23-,24-,25+,27+,28-,29+,30+,31+/m0/s1. The normalized spacial score (nSPS) is 54.5. The Morgan fingerprint density at radius 1 is 0.853 bits per heavy atom. The van der Waals surface area contributed by atoms with E-state index >= 15 is 0 Å². The summed E-state index contributed by atoms with van der Waals surface area (Å²) in [5, 5.41) is 21.4. The van der Waals surface area contributed by atoms with Crippen molar-refractivity contribution in [1.29, 1.82) is 0 Å². The van der Waals surface area contributed by atoms with Crippen molar-refractivity contribution in [2.45, 2.75) is 125 Å². The zero-order valence-electron chi connectivity index (χ0n) is 23.4. The summed E-state index contributed by atoms with van der Waals surface area (Å²) in [4.78, 5) is 0. The topological polar surface area (TPSA) is 49.7 Å². The van der Waals surface area contributed by atoms with Gasteiger partial charge in [-0.2, -0.15) is 0 Å². The van der Waals surface area contributed by atoms with E-state index in [1.54, 1.807) is 11.1 Å². The van der Waals surface area contributed by atoms with E-state index in [9.17, 15) is 10.2 Å². The van der Waals surface area contributed by atoms with Crippen LogP contribution in [0.25, 0.3) is 0 Å². The van der Waals surface area contributed by atoms with E-state index in [-0.39, 0.29) is 39.8 Å². The van der Waals surface area contributed by atoms with Crippen LogP contribution in [-0.2, 0) is 4.74 Å². The van der Waals surface area contributed by atoms with Gasteiger partial charge in [-0.1, -0.05) is 59.6 Å². The third-order valence-corrected chi connectivity index (χ3v) is 13.4. The maximum absolute atomic E-state index is 11.0. The summed E-state index contributed by atoms with van der Waals surface area (Å²) < 4.78 is 6.19. The summed E-state index contributed by atoms with van der Waals surface area (Å²) in [6, 6.07) is 0. The molecule has 5 aliphatic rings. The molecule has 0 spiro atoms. The molecular weight excluding hydrogens is 420 g/mol. The minimum atomic E-state index is -0.373. The van der Waals surface area contributed by atoms with Gasteiger partial charge in [0.05, 0.1) is 18.8 Å².